The van der Waals surface area contributed by atoms with Gasteiger partial charge in [0.15, 0.2) is 17.3 Å². The van der Waals surface area contributed by atoms with E-state index in [1.807, 2.05) is 0 Å². The zero-order valence-corrected chi connectivity index (χ0v) is 12.7. The molecule has 0 amide bonds. The van der Waals surface area contributed by atoms with Gasteiger partial charge in [0.25, 0.3) is 0 Å². The summed E-state index contributed by atoms with van der Waals surface area (Å²) < 4.78 is 25.2. The Hall–Kier alpha value is -2.41. The standard InChI is InChI=1S/C15H9BrFN3O2/c16-9-2-1-3-10(14(9)17)20-15-8-4-12-13(22-7-21-12)5-11(8)18-6-19-15/h1-6H,7H2,(H,18,19,20). The van der Waals surface area contributed by atoms with Crippen molar-refractivity contribution in [1.82, 2.24) is 9.97 Å². The topological polar surface area (TPSA) is 56.3 Å². The highest BCUT2D eigenvalue weighted by Crippen LogP contribution is 2.37. The molecule has 0 saturated heterocycles. The van der Waals surface area contributed by atoms with Gasteiger partial charge in [0.05, 0.1) is 15.7 Å². The van der Waals surface area contributed by atoms with Crippen LogP contribution in [0.15, 0.2) is 41.1 Å². The highest BCUT2D eigenvalue weighted by molar-refractivity contribution is 9.10. The zero-order chi connectivity index (χ0) is 15.1. The Morgan fingerprint density at radius 3 is 2.82 bits per heavy atom. The van der Waals surface area contributed by atoms with Gasteiger partial charge in [-0.25, -0.2) is 14.4 Å². The predicted octanol–water partition coefficient (Wildman–Crippen LogP) is 4.00. The van der Waals surface area contributed by atoms with Crippen molar-refractivity contribution in [1.29, 1.82) is 0 Å². The number of halogens is 2. The summed E-state index contributed by atoms with van der Waals surface area (Å²) in [4.78, 5) is 8.41. The van der Waals surface area contributed by atoms with Crippen LogP contribution in [0.5, 0.6) is 11.5 Å². The molecule has 0 unspecified atom stereocenters. The van der Waals surface area contributed by atoms with Gasteiger partial charge in [-0.1, -0.05) is 6.07 Å². The Balaban J connectivity index is 1.83. The Morgan fingerprint density at radius 1 is 1.14 bits per heavy atom. The molecule has 4 rings (SSSR count). The SMILES string of the molecule is Fc1c(Br)cccc1Nc1ncnc2cc3c(cc12)OCO3. The number of nitrogens with zero attached hydrogens (tertiary/aromatic N) is 2. The monoisotopic (exact) mass is 361 g/mol. The van der Waals surface area contributed by atoms with Crippen molar-refractivity contribution in [3.63, 3.8) is 0 Å². The Labute approximate surface area is 133 Å². The maximum atomic E-state index is 14.1. The summed E-state index contributed by atoms with van der Waals surface area (Å²) in [7, 11) is 0. The van der Waals surface area contributed by atoms with E-state index in [0.717, 1.165) is 5.39 Å². The van der Waals surface area contributed by atoms with Crippen molar-refractivity contribution in [2.75, 3.05) is 12.1 Å². The summed E-state index contributed by atoms with van der Waals surface area (Å²) >= 11 is 3.17. The molecule has 110 valence electrons. The number of hydrogen-bond donors (Lipinski definition) is 1. The van der Waals surface area contributed by atoms with Crippen LogP contribution >= 0.6 is 15.9 Å². The Morgan fingerprint density at radius 2 is 1.95 bits per heavy atom. The zero-order valence-electron chi connectivity index (χ0n) is 11.1. The molecule has 2 heterocycles. The molecular weight excluding hydrogens is 353 g/mol. The quantitative estimate of drug-likeness (QED) is 0.747. The predicted molar refractivity (Wildman–Crippen MR) is 83.0 cm³/mol. The minimum atomic E-state index is -0.380. The Kier molecular flexibility index (Phi) is 3.07. The van der Waals surface area contributed by atoms with E-state index in [1.165, 1.54) is 6.33 Å². The summed E-state index contributed by atoms with van der Waals surface area (Å²) in [5.41, 5.74) is 1.02. The molecule has 2 aromatic carbocycles. The normalized spacial score (nSPS) is 12.6. The molecule has 0 spiro atoms. The van der Waals surface area contributed by atoms with Gasteiger partial charge < -0.3 is 14.8 Å². The highest BCUT2D eigenvalue weighted by atomic mass is 79.9. The number of fused-ring (bicyclic) bond motifs is 2. The molecule has 0 aliphatic carbocycles. The number of rotatable bonds is 2. The van der Waals surface area contributed by atoms with Gasteiger partial charge in [-0.2, -0.15) is 0 Å². The third kappa shape index (κ3) is 2.14. The first-order valence-electron chi connectivity index (χ1n) is 6.48. The molecule has 1 aliphatic heterocycles. The fourth-order valence-corrected chi connectivity index (χ4v) is 2.64. The van der Waals surface area contributed by atoms with Crippen LogP contribution in [0.2, 0.25) is 0 Å². The van der Waals surface area contributed by atoms with Gasteiger partial charge in [-0.05, 0) is 34.1 Å². The molecule has 0 saturated carbocycles. The van der Waals surface area contributed by atoms with Gasteiger partial charge in [-0.15, -0.1) is 0 Å². The number of anilines is 2. The second kappa shape index (κ2) is 5.10. The van der Waals surface area contributed by atoms with E-state index >= 15 is 0 Å². The van der Waals surface area contributed by atoms with E-state index in [0.29, 0.717) is 33.0 Å². The smallest absolute Gasteiger partial charge is 0.231 e. The van der Waals surface area contributed by atoms with Gasteiger partial charge in [-0.3, -0.25) is 0 Å². The lowest BCUT2D eigenvalue weighted by molar-refractivity contribution is 0.174. The van der Waals surface area contributed by atoms with E-state index in [9.17, 15) is 4.39 Å². The largest absolute Gasteiger partial charge is 0.454 e. The fourth-order valence-electron chi connectivity index (χ4n) is 2.27. The van der Waals surface area contributed by atoms with Crippen LogP contribution in [0.3, 0.4) is 0 Å². The molecule has 0 fully saturated rings. The van der Waals surface area contributed by atoms with Gasteiger partial charge >= 0.3 is 0 Å². The first-order valence-corrected chi connectivity index (χ1v) is 7.27. The van der Waals surface area contributed by atoms with E-state index in [2.05, 4.69) is 31.2 Å². The van der Waals surface area contributed by atoms with Crippen molar-refractivity contribution in [2.24, 2.45) is 0 Å². The van der Waals surface area contributed by atoms with E-state index in [-0.39, 0.29) is 12.6 Å². The maximum Gasteiger partial charge on any atom is 0.231 e. The first-order chi connectivity index (χ1) is 10.7. The van der Waals surface area contributed by atoms with Crippen LogP contribution in [0.4, 0.5) is 15.9 Å². The maximum absolute atomic E-state index is 14.1. The molecule has 0 bridgehead atoms. The summed E-state index contributed by atoms with van der Waals surface area (Å²) in [5, 5.41) is 3.72. The lowest BCUT2D eigenvalue weighted by Crippen LogP contribution is -1.98. The summed E-state index contributed by atoms with van der Waals surface area (Å²) in [6.07, 6.45) is 1.42. The number of nitrogens with one attached hydrogen (secondary N) is 1. The lowest BCUT2D eigenvalue weighted by atomic mass is 10.2. The molecule has 22 heavy (non-hydrogen) atoms. The average molecular weight is 362 g/mol. The number of ether oxygens (including phenoxy) is 2. The average Bonchev–Trinajstić information content (AvgIpc) is 2.97. The molecule has 1 aliphatic rings. The van der Waals surface area contributed by atoms with Crippen LogP contribution in [-0.4, -0.2) is 16.8 Å². The molecule has 1 aromatic heterocycles. The van der Waals surface area contributed by atoms with Gasteiger partial charge in [0.1, 0.15) is 12.1 Å². The Bertz CT molecular complexity index is 888. The molecule has 0 radical (unpaired) electrons. The summed E-state index contributed by atoms with van der Waals surface area (Å²) in [6.45, 7) is 0.183. The van der Waals surface area contributed by atoms with Crippen molar-refractivity contribution in [3.8, 4) is 11.5 Å². The number of benzene rings is 2. The third-order valence-corrected chi connectivity index (χ3v) is 3.95. The highest BCUT2D eigenvalue weighted by Gasteiger charge is 2.17. The van der Waals surface area contributed by atoms with Gasteiger partial charge in [0.2, 0.25) is 6.79 Å². The molecular formula is C15H9BrFN3O2. The van der Waals surface area contributed by atoms with E-state index < -0.39 is 0 Å². The van der Waals surface area contributed by atoms with Crippen LogP contribution in [0.1, 0.15) is 0 Å². The molecule has 3 aromatic rings. The second-order valence-corrected chi connectivity index (χ2v) is 5.53. The molecule has 1 N–H and O–H groups in total. The molecule has 5 nitrogen and oxygen atoms in total. The fraction of sp³-hybridized carbons (Fsp3) is 0.0667. The van der Waals surface area contributed by atoms with E-state index in [1.54, 1.807) is 30.3 Å². The summed E-state index contributed by atoms with van der Waals surface area (Å²) in [6, 6.07) is 8.59. The first kappa shape index (κ1) is 13.3. The molecule has 0 atom stereocenters. The van der Waals surface area contributed by atoms with Crippen molar-refractivity contribution in [3.05, 3.63) is 46.9 Å². The minimum absolute atomic E-state index is 0.183. The minimum Gasteiger partial charge on any atom is -0.454 e. The van der Waals surface area contributed by atoms with Crippen LogP contribution in [0.25, 0.3) is 10.9 Å². The van der Waals surface area contributed by atoms with Crippen LogP contribution in [-0.2, 0) is 0 Å². The third-order valence-electron chi connectivity index (χ3n) is 3.33. The van der Waals surface area contributed by atoms with Crippen molar-refractivity contribution >= 4 is 38.3 Å². The van der Waals surface area contributed by atoms with E-state index in [4.69, 9.17) is 9.47 Å². The number of aromatic nitrogens is 2. The number of hydrogen-bond acceptors (Lipinski definition) is 5. The second-order valence-electron chi connectivity index (χ2n) is 4.67. The van der Waals surface area contributed by atoms with Crippen LogP contribution < -0.4 is 14.8 Å². The van der Waals surface area contributed by atoms with Gasteiger partial charge in [0, 0.05) is 11.5 Å². The van der Waals surface area contributed by atoms with Crippen LogP contribution in [0, 0.1) is 5.82 Å². The van der Waals surface area contributed by atoms with Crippen molar-refractivity contribution < 1.29 is 13.9 Å². The van der Waals surface area contributed by atoms with Crippen molar-refractivity contribution in [2.45, 2.75) is 0 Å². The molecule has 7 heteroatoms. The summed E-state index contributed by atoms with van der Waals surface area (Å²) in [5.74, 6) is 1.39. The lowest BCUT2D eigenvalue weighted by Gasteiger charge is -2.10.